The third-order valence-corrected chi connectivity index (χ3v) is 8.27. The van der Waals surface area contributed by atoms with Crippen LogP contribution in [0, 0.1) is 0 Å². The van der Waals surface area contributed by atoms with E-state index in [-0.39, 0.29) is 26.7 Å². The summed E-state index contributed by atoms with van der Waals surface area (Å²) < 4.78 is 29.8. The Morgan fingerprint density at radius 3 is 1.14 bits per heavy atom. The Morgan fingerprint density at radius 1 is 0.629 bits per heavy atom. The summed E-state index contributed by atoms with van der Waals surface area (Å²) in [5.74, 6) is -3.37. The second-order valence-corrected chi connectivity index (χ2v) is 11.5. The first-order valence-corrected chi connectivity index (χ1v) is 15.0. The first-order chi connectivity index (χ1) is 16.2. The van der Waals surface area contributed by atoms with Crippen molar-refractivity contribution >= 4 is 22.1 Å². The molecule has 0 amide bonds. The van der Waals surface area contributed by atoms with Crippen molar-refractivity contribution in [2.45, 2.75) is 153 Å². The summed E-state index contributed by atoms with van der Waals surface area (Å²) in [5.41, 5.74) is 0. The van der Waals surface area contributed by atoms with Crippen LogP contribution in [0.1, 0.15) is 150 Å². The minimum absolute atomic E-state index is 0. The Labute approximate surface area is 227 Å². The summed E-state index contributed by atoms with van der Waals surface area (Å²) in [7, 11) is -5.03. The molecule has 0 aliphatic rings. The second-order valence-electron chi connectivity index (χ2n) is 9.81. The van der Waals surface area contributed by atoms with Gasteiger partial charge in [0.25, 0.3) is 10.1 Å². The van der Waals surface area contributed by atoms with Crippen molar-refractivity contribution in [3.8, 4) is 0 Å². The molecule has 35 heavy (non-hydrogen) atoms. The molecule has 7 nitrogen and oxygen atoms in total. The zero-order valence-electron chi connectivity index (χ0n) is 23.4. The van der Waals surface area contributed by atoms with Gasteiger partial charge in [-0.2, -0.15) is 8.42 Å². The fourth-order valence-corrected chi connectivity index (χ4v) is 5.44. The molecule has 1 unspecified atom stereocenters. The summed E-state index contributed by atoms with van der Waals surface area (Å²) in [6.07, 6.45) is 22.3. The van der Waals surface area contributed by atoms with Crippen molar-refractivity contribution in [3.05, 3.63) is 0 Å². The maximum Gasteiger partial charge on any atom is 1.00 e. The van der Waals surface area contributed by atoms with E-state index in [2.05, 4.69) is 6.92 Å². The monoisotopic (exact) mass is 514 g/mol. The third-order valence-electron chi connectivity index (χ3n) is 6.75. The molecule has 0 heterocycles. The molecule has 0 aromatic rings. The van der Waals surface area contributed by atoms with Gasteiger partial charge in [0, 0.05) is 0 Å². The minimum atomic E-state index is -5.03. The maximum atomic E-state index is 11.6. The molecule has 0 spiro atoms. The van der Waals surface area contributed by atoms with Gasteiger partial charge in [0.05, 0.1) is 6.42 Å². The molecular weight excluding hydrogens is 463 g/mol. The summed E-state index contributed by atoms with van der Waals surface area (Å²) in [6, 6.07) is 0. The smallest absolute Gasteiger partial charge is 1.00 e. The van der Waals surface area contributed by atoms with E-state index in [4.69, 9.17) is 5.11 Å². The normalized spacial score (nSPS) is 13.2. The van der Waals surface area contributed by atoms with Crippen molar-refractivity contribution in [2.75, 3.05) is 0 Å². The summed E-state index contributed by atoms with van der Waals surface area (Å²) in [4.78, 5) is 22.4. The van der Waals surface area contributed by atoms with Gasteiger partial charge < -0.3 is 11.6 Å². The van der Waals surface area contributed by atoms with Crippen molar-refractivity contribution in [3.63, 3.8) is 0 Å². The molecular formula is C26H51LiO7S. The van der Waals surface area contributed by atoms with Crippen LogP contribution in [0.3, 0.4) is 0 Å². The van der Waals surface area contributed by atoms with Crippen LogP contribution in [-0.2, 0) is 19.7 Å². The molecule has 1 atom stereocenters. The van der Waals surface area contributed by atoms with Gasteiger partial charge in [-0.3, -0.25) is 14.1 Å². The van der Waals surface area contributed by atoms with Gasteiger partial charge in [0.1, 0.15) is 0 Å². The van der Waals surface area contributed by atoms with E-state index in [1.54, 1.807) is 0 Å². The van der Waals surface area contributed by atoms with Crippen molar-refractivity contribution in [1.82, 2.24) is 0 Å². The molecule has 0 aliphatic carbocycles. The predicted octanol–water partition coefficient (Wildman–Crippen LogP) is 4.50. The van der Waals surface area contributed by atoms with Gasteiger partial charge in [-0.1, -0.05) is 135 Å². The summed E-state index contributed by atoms with van der Waals surface area (Å²) in [5, 5.41) is 18.2. The van der Waals surface area contributed by atoms with Gasteiger partial charge in [0.15, 0.2) is 0 Å². The summed E-state index contributed by atoms with van der Waals surface area (Å²) in [6.45, 7) is 2.26. The molecule has 0 aromatic carbocycles. The zero-order valence-corrected chi connectivity index (χ0v) is 23.3. The fourth-order valence-electron chi connectivity index (χ4n) is 4.51. The van der Waals surface area contributed by atoms with Crippen LogP contribution in [-0.4, -0.2) is 39.9 Å². The quantitative estimate of drug-likeness (QED) is 0.0929. The SMILES string of the molecule is CCCCCCCCCCCCCCCCCCCCCCC(CC(=O)O)(C(=O)O)S(=O)(=O)O.[H-].[Li+]. The molecule has 0 radical (unpaired) electrons. The van der Waals surface area contributed by atoms with Gasteiger partial charge in [-0.25, -0.2) is 0 Å². The Bertz CT molecular complexity index is 646. The van der Waals surface area contributed by atoms with Gasteiger partial charge >= 0.3 is 30.8 Å². The first kappa shape index (κ1) is 36.6. The maximum absolute atomic E-state index is 11.6. The number of carboxylic acid groups (broad SMARTS) is 2. The average Bonchev–Trinajstić information content (AvgIpc) is 2.75. The van der Waals surface area contributed by atoms with Crippen LogP contribution in [0.25, 0.3) is 0 Å². The van der Waals surface area contributed by atoms with Gasteiger partial charge in [-0.15, -0.1) is 0 Å². The number of carbonyl (C=O) groups is 2. The van der Waals surface area contributed by atoms with Crippen molar-refractivity contribution in [1.29, 1.82) is 0 Å². The van der Waals surface area contributed by atoms with E-state index in [1.807, 2.05) is 0 Å². The van der Waals surface area contributed by atoms with Crippen LogP contribution in [0.15, 0.2) is 0 Å². The van der Waals surface area contributed by atoms with Crippen molar-refractivity contribution in [2.24, 2.45) is 0 Å². The van der Waals surface area contributed by atoms with E-state index in [1.165, 1.54) is 96.3 Å². The van der Waals surface area contributed by atoms with Crippen LogP contribution < -0.4 is 18.9 Å². The standard InChI is InChI=1S/C26H50O7S.Li.H/c1-2-3-4-5-6-7-8-9-10-11-12-13-14-15-16-17-18-19-20-21-22-26(25(29)30,23-24(27)28)34(31,32)33;;/h2-23H2,1H3,(H,27,28)(H,29,30)(H,31,32,33);;/q;+1;-1. The van der Waals surface area contributed by atoms with Gasteiger partial charge in [-0.05, 0) is 6.42 Å². The molecule has 3 N–H and O–H groups in total. The third kappa shape index (κ3) is 18.4. The van der Waals surface area contributed by atoms with E-state index >= 15 is 0 Å². The topological polar surface area (TPSA) is 129 Å². The molecule has 0 saturated carbocycles. The molecule has 0 fully saturated rings. The molecule has 0 aliphatic heterocycles. The largest absolute Gasteiger partial charge is 1.00 e. The Kier molecular flexibility index (Phi) is 23.7. The Balaban J connectivity index is -0.00000544. The van der Waals surface area contributed by atoms with Crippen molar-refractivity contribution < 1.29 is 53.1 Å². The van der Waals surface area contributed by atoms with E-state index < -0.39 is 39.6 Å². The minimum Gasteiger partial charge on any atom is -1.00 e. The molecule has 0 rings (SSSR count). The predicted molar refractivity (Wildman–Crippen MR) is 138 cm³/mol. The second kappa shape index (κ2) is 22.6. The van der Waals surface area contributed by atoms with Crippen LogP contribution in [0.4, 0.5) is 0 Å². The van der Waals surface area contributed by atoms with Gasteiger partial charge in [0.2, 0.25) is 4.75 Å². The Hall–Kier alpha value is -0.553. The molecule has 0 bridgehead atoms. The number of aliphatic carboxylic acids is 2. The first-order valence-electron chi connectivity index (χ1n) is 13.6. The van der Waals surface area contributed by atoms with E-state index in [9.17, 15) is 27.7 Å². The number of hydrogen-bond donors (Lipinski definition) is 3. The number of carboxylic acids is 2. The molecule has 204 valence electrons. The molecule has 0 saturated heterocycles. The van der Waals surface area contributed by atoms with E-state index in [0.717, 1.165) is 19.3 Å². The number of unbranched alkanes of at least 4 members (excludes halogenated alkanes) is 19. The molecule has 9 heteroatoms. The average molecular weight is 515 g/mol. The fraction of sp³-hybridized carbons (Fsp3) is 0.923. The molecule has 0 aromatic heterocycles. The van der Waals surface area contributed by atoms with E-state index in [0.29, 0.717) is 6.42 Å². The number of rotatable bonds is 25. The van der Waals surface area contributed by atoms with Crippen LogP contribution >= 0.6 is 0 Å². The Morgan fingerprint density at radius 2 is 0.914 bits per heavy atom. The zero-order chi connectivity index (χ0) is 25.7. The summed E-state index contributed by atoms with van der Waals surface area (Å²) >= 11 is 0. The number of hydrogen-bond acceptors (Lipinski definition) is 4. The van der Waals surface area contributed by atoms with Crippen LogP contribution in [0.2, 0.25) is 0 Å². The van der Waals surface area contributed by atoms with Crippen LogP contribution in [0.5, 0.6) is 0 Å².